The van der Waals surface area contributed by atoms with Gasteiger partial charge < -0.3 is 11.1 Å². The van der Waals surface area contributed by atoms with Gasteiger partial charge in [0.2, 0.25) is 11.8 Å². The topological polar surface area (TPSA) is 122 Å². The molecule has 2 aliphatic heterocycles. The number of fused-ring (bicyclic) bond motifs is 1. The van der Waals surface area contributed by atoms with E-state index >= 15 is 0 Å². The average Bonchev–Trinajstić information content (AvgIpc) is 2.98. The third kappa shape index (κ3) is 5.00. The Balaban J connectivity index is 0.00000145. The van der Waals surface area contributed by atoms with Crippen molar-refractivity contribution in [2.45, 2.75) is 58.4 Å². The molecule has 8 nitrogen and oxygen atoms in total. The number of hydrogen-bond donors (Lipinski definition) is 3. The minimum Gasteiger partial charge on any atom is -0.384 e. The lowest BCUT2D eigenvalue weighted by atomic mass is 10.0. The minimum absolute atomic E-state index is 0.109. The smallest absolute Gasteiger partial charge is 0.264 e. The number of imide groups is 2. The van der Waals surface area contributed by atoms with E-state index in [4.69, 9.17) is 5.73 Å². The van der Waals surface area contributed by atoms with Gasteiger partial charge in [0.15, 0.2) is 0 Å². The van der Waals surface area contributed by atoms with Crippen LogP contribution in [0, 0.1) is 0 Å². The summed E-state index contributed by atoms with van der Waals surface area (Å²) >= 11 is 0. The van der Waals surface area contributed by atoms with Crippen LogP contribution in [0.5, 0.6) is 0 Å². The van der Waals surface area contributed by atoms with Crippen LogP contribution in [0.3, 0.4) is 0 Å². The number of nitrogens with one attached hydrogen (secondary N) is 2. The molecule has 2 heterocycles. The van der Waals surface area contributed by atoms with Crippen molar-refractivity contribution >= 4 is 29.3 Å². The highest BCUT2D eigenvalue weighted by atomic mass is 16.2. The Hall–Kier alpha value is -2.74. The standard InChI is InChI=1S/C19H24N4O4.C2H6/c20-10-3-1-2-4-11-21-13-7-5-6-12-16(13)19(27)23(18(12)26)14-8-9-15(24)22-17(14)25;1-2/h5-7,14,21H,1-4,8-11,20H2,(H,22,24,25);1-2H3. The molecule has 1 saturated heterocycles. The lowest BCUT2D eigenvalue weighted by molar-refractivity contribution is -0.136. The molecule has 8 heteroatoms. The molecule has 0 bridgehead atoms. The SMILES string of the molecule is CC.NCCCCCCNc1cccc2c1C(=O)N(C1CCC(=O)NC1=O)C2=O. The number of benzene rings is 1. The second-order valence-corrected chi connectivity index (χ2v) is 6.81. The molecule has 4 amide bonds. The molecular formula is C21H30N4O4. The maximum Gasteiger partial charge on any atom is 0.264 e. The maximum absolute atomic E-state index is 12.9. The number of amides is 4. The number of piperidine rings is 1. The summed E-state index contributed by atoms with van der Waals surface area (Å²) in [6.07, 6.45) is 4.29. The molecule has 1 fully saturated rings. The zero-order valence-corrected chi connectivity index (χ0v) is 17.1. The van der Waals surface area contributed by atoms with Gasteiger partial charge in [0.25, 0.3) is 11.8 Å². The van der Waals surface area contributed by atoms with Crippen molar-refractivity contribution in [3.63, 3.8) is 0 Å². The number of carbonyl (C=O) groups excluding carboxylic acids is 4. The second-order valence-electron chi connectivity index (χ2n) is 6.81. The molecule has 2 aliphatic rings. The predicted molar refractivity (Wildman–Crippen MR) is 110 cm³/mol. The van der Waals surface area contributed by atoms with Crippen LogP contribution in [0.15, 0.2) is 18.2 Å². The van der Waals surface area contributed by atoms with Crippen molar-refractivity contribution in [2.75, 3.05) is 18.4 Å². The summed E-state index contributed by atoms with van der Waals surface area (Å²) in [6, 6.07) is 4.12. The van der Waals surface area contributed by atoms with Crippen LogP contribution in [0.4, 0.5) is 5.69 Å². The number of anilines is 1. The number of unbranched alkanes of at least 4 members (excludes halogenated alkanes) is 3. The predicted octanol–water partition coefficient (Wildman–Crippen LogP) is 2.04. The summed E-state index contributed by atoms with van der Waals surface area (Å²) < 4.78 is 0. The number of nitrogens with zero attached hydrogens (tertiary/aromatic N) is 1. The number of carbonyl (C=O) groups is 4. The molecule has 29 heavy (non-hydrogen) atoms. The Morgan fingerprint density at radius 3 is 2.48 bits per heavy atom. The van der Waals surface area contributed by atoms with Gasteiger partial charge in [0.05, 0.1) is 11.1 Å². The van der Waals surface area contributed by atoms with Crippen LogP contribution in [0.1, 0.15) is 73.1 Å². The maximum atomic E-state index is 12.9. The molecule has 158 valence electrons. The van der Waals surface area contributed by atoms with E-state index in [1.165, 1.54) is 0 Å². The first-order valence-corrected chi connectivity index (χ1v) is 10.3. The normalized spacial score (nSPS) is 18.2. The molecule has 0 saturated carbocycles. The van der Waals surface area contributed by atoms with Crippen LogP contribution < -0.4 is 16.4 Å². The molecule has 4 N–H and O–H groups in total. The van der Waals surface area contributed by atoms with Crippen molar-refractivity contribution in [2.24, 2.45) is 5.73 Å². The van der Waals surface area contributed by atoms with E-state index < -0.39 is 23.8 Å². The fourth-order valence-corrected chi connectivity index (χ4v) is 3.51. The van der Waals surface area contributed by atoms with Crippen molar-refractivity contribution in [3.8, 4) is 0 Å². The van der Waals surface area contributed by atoms with Gasteiger partial charge in [-0.3, -0.25) is 29.4 Å². The van der Waals surface area contributed by atoms with Gasteiger partial charge in [-0.25, -0.2) is 0 Å². The molecule has 1 aromatic carbocycles. The Labute approximate surface area is 171 Å². The van der Waals surface area contributed by atoms with Crippen LogP contribution in [-0.4, -0.2) is 47.7 Å². The lowest BCUT2D eigenvalue weighted by Gasteiger charge is -2.27. The van der Waals surface area contributed by atoms with Crippen LogP contribution in [0.25, 0.3) is 0 Å². The van der Waals surface area contributed by atoms with Gasteiger partial charge in [0.1, 0.15) is 6.04 Å². The zero-order chi connectivity index (χ0) is 21.4. The average molecular weight is 402 g/mol. The number of nitrogens with two attached hydrogens (primary N) is 1. The second kappa shape index (κ2) is 10.7. The summed E-state index contributed by atoms with van der Waals surface area (Å²) in [7, 11) is 0. The highest BCUT2D eigenvalue weighted by Crippen LogP contribution is 2.32. The van der Waals surface area contributed by atoms with Crippen molar-refractivity contribution < 1.29 is 19.2 Å². The summed E-state index contributed by atoms with van der Waals surface area (Å²) in [5.74, 6) is -1.97. The van der Waals surface area contributed by atoms with Crippen molar-refractivity contribution in [3.05, 3.63) is 29.3 Å². The molecule has 3 rings (SSSR count). The first-order valence-electron chi connectivity index (χ1n) is 10.3. The van der Waals surface area contributed by atoms with Crippen LogP contribution in [0.2, 0.25) is 0 Å². The van der Waals surface area contributed by atoms with Gasteiger partial charge in [-0.15, -0.1) is 0 Å². The largest absolute Gasteiger partial charge is 0.384 e. The Kier molecular flexibility index (Phi) is 8.33. The van der Waals surface area contributed by atoms with E-state index in [0.29, 0.717) is 24.3 Å². The highest BCUT2D eigenvalue weighted by molar-refractivity contribution is 6.25. The third-order valence-corrected chi connectivity index (χ3v) is 4.91. The zero-order valence-electron chi connectivity index (χ0n) is 17.1. The molecular weight excluding hydrogens is 372 g/mol. The molecule has 1 unspecified atom stereocenters. The van der Waals surface area contributed by atoms with Crippen molar-refractivity contribution in [1.82, 2.24) is 10.2 Å². The van der Waals surface area contributed by atoms with Gasteiger partial charge in [-0.05, 0) is 37.9 Å². The highest BCUT2D eigenvalue weighted by Gasteiger charge is 2.45. The third-order valence-electron chi connectivity index (χ3n) is 4.91. The fraction of sp³-hybridized carbons (Fsp3) is 0.524. The van der Waals surface area contributed by atoms with E-state index in [9.17, 15) is 19.2 Å². The molecule has 1 atom stereocenters. The van der Waals surface area contributed by atoms with E-state index in [1.54, 1.807) is 18.2 Å². The number of rotatable bonds is 8. The molecule has 1 aromatic rings. The van der Waals surface area contributed by atoms with E-state index in [1.807, 2.05) is 13.8 Å². The minimum atomic E-state index is -0.945. The quantitative estimate of drug-likeness (QED) is 0.452. The monoisotopic (exact) mass is 402 g/mol. The van der Waals surface area contributed by atoms with Gasteiger partial charge in [-0.1, -0.05) is 32.8 Å². The fourth-order valence-electron chi connectivity index (χ4n) is 3.51. The van der Waals surface area contributed by atoms with Gasteiger partial charge in [-0.2, -0.15) is 0 Å². The molecule has 0 spiro atoms. The summed E-state index contributed by atoms with van der Waals surface area (Å²) in [4.78, 5) is 50.1. The Bertz CT molecular complexity index is 778. The van der Waals surface area contributed by atoms with Crippen LogP contribution >= 0.6 is 0 Å². The Morgan fingerprint density at radius 2 is 1.79 bits per heavy atom. The first kappa shape index (κ1) is 22.5. The van der Waals surface area contributed by atoms with Gasteiger partial charge >= 0.3 is 0 Å². The summed E-state index contributed by atoms with van der Waals surface area (Å²) in [5, 5.41) is 5.43. The van der Waals surface area contributed by atoms with Crippen molar-refractivity contribution in [1.29, 1.82) is 0 Å². The Morgan fingerprint density at radius 1 is 1.07 bits per heavy atom. The molecule has 0 aliphatic carbocycles. The van der Waals surface area contributed by atoms with E-state index in [-0.39, 0.29) is 24.3 Å². The first-order chi connectivity index (χ1) is 14.0. The number of hydrogen-bond acceptors (Lipinski definition) is 6. The summed E-state index contributed by atoms with van der Waals surface area (Å²) in [5.41, 5.74) is 6.67. The molecule has 0 aromatic heterocycles. The van der Waals surface area contributed by atoms with E-state index in [0.717, 1.165) is 30.6 Å². The lowest BCUT2D eigenvalue weighted by Crippen LogP contribution is -2.54. The van der Waals surface area contributed by atoms with Gasteiger partial charge in [0, 0.05) is 18.7 Å². The summed E-state index contributed by atoms with van der Waals surface area (Å²) in [6.45, 7) is 5.37. The van der Waals surface area contributed by atoms with E-state index in [2.05, 4.69) is 10.6 Å². The molecule has 0 radical (unpaired) electrons. The van der Waals surface area contributed by atoms with Crippen LogP contribution in [-0.2, 0) is 9.59 Å².